The highest BCUT2D eigenvalue weighted by molar-refractivity contribution is 7.90. The molecule has 0 saturated heterocycles. The minimum absolute atomic E-state index is 0.319. The highest BCUT2D eigenvalue weighted by Crippen LogP contribution is 2.10. The highest BCUT2D eigenvalue weighted by atomic mass is 32.2. The van der Waals surface area contributed by atoms with Crippen LogP contribution in [-0.2, 0) is 25.2 Å². The Morgan fingerprint density at radius 1 is 1.43 bits per heavy atom. The number of carbonyl (C=O) groups is 2. The molecule has 0 aliphatic heterocycles. The molecule has 0 unspecified atom stereocenters. The Morgan fingerprint density at radius 3 is 2.62 bits per heavy atom. The third-order valence-electron chi connectivity index (χ3n) is 2.54. The van der Waals surface area contributed by atoms with Crippen molar-refractivity contribution in [2.45, 2.75) is 18.7 Å². The van der Waals surface area contributed by atoms with Gasteiger partial charge in [-0.1, -0.05) is 12.1 Å². The molecular weight excluding hydrogens is 296 g/mol. The standard InChI is InChI=1S/C13H14N2O5S/c1-9(16)15-12(13(17)18)8-21(19,20)7-11-4-2-3-10(5-11)6-14/h2-5,12H,7-8H2,1H3,(H,15,16)(H,17,18)/t12-/m0/s1. The van der Waals surface area contributed by atoms with E-state index in [1.54, 1.807) is 6.07 Å². The van der Waals surface area contributed by atoms with Crippen molar-refractivity contribution in [3.05, 3.63) is 35.4 Å². The van der Waals surface area contributed by atoms with Crippen LogP contribution in [0.5, 0.6) is 0 Å². The van der Waals surface area contributed by atoms with Crippen molar-refractivity contribution < 1.29 is 23.1 Å². The second kappa shape index (κ2) is 6.85. The molecule has 0 saturated carbocycles. The van der Waals surface area contributed by atoms with Crippen LogP contribution in [0.3, 0.4) is 0 Å². The van der Waals surface area contributed by atoms with Gasteiger partial charge in [0, 0.05) is 6.92 Å². The van der Waals surface area contributed by atoms with E-state index in [1.807, 2.05) is 6.07 Å². The average Bonchev–Trinajstić information content (AvgIpc) is 2.36. The molecule has 0 spiro atoms. The molecule has 21 heavy (non-hydrogen) atoms. The van der Waals surface area contributed by atoms with Gasteiger partial charge in [-0.25, -0.2) is 13.2 Å². The number of hydrogen-bond acceptors (Lipinski definition) is 5. The van der Waals surface area contributed by atoms with E-state index >= 15 is 0 Å². The lowest BCUT2D eigenvalue weighted by molar-refractivity contribution is -0.140. The van der Waals surface area contributed by atoms with Crippen LogP contribution in [0.15, 0.2) is 24.3 Å². The number of carboxylic acid groups (broad SMARTS) is 1. The highest BCUT2D eigenvalue weighted by Gasteiger charge is 2.26. The Hall–Kier alpha value is -2.40. The van der Waals surface area contributed by atoms with Crippen molar-refractivity contribution in [1.82, 2.24) is 5.32 Å². The first-order chi connectivity index (χ1) is 9.73. The van der Waals surface area contributed by atoms with Crippen LogP contribution in [0.2, 0.25) is 0 Å². The predicted octanol–water partition coefficient (Wildman–Crippen LogP) is 0.0624. The van der Waals surface area contributed by atoms with E-state index in [2.05, 4.69) is 5.32 Å². The van der Waals surface area contributed by atoms with Crippen LogP contribution in [0.25, 0.3) is 0 Å². The lowest BCUT2D eigenvalue weighted by Crippen LogP contribution is -2.44. The maximum Gasteiger partial charge on any atom is 0.327 e. The molecular formula is C13H14N2O5S. The zero-order valence-corrected chi connectivity index (χ0v) is 12.1. The summed E-state index contributed by atoms with van der Waals surface area (Å²) in [5.41, 5.74) is 0.709. The summed E-state index contributed by atoms with van der Waals surface area (Å²) < 4.78 is 24.0. The first kappa shape index (κ1) is 16.7. The Labute approximate surface area is 122 Å². The summed E-state index contributed by atoms with van der Waals surface area (Å²) in [6.45, 7) is 1.11. The summed E-state index contributed by atoms with van der Waals surface area (Å²) in [5, 5.41) is 19.7. The van der Waals surface area contributed by atoms with Crippen LogP contribution in [0.4, 0.5) is 0 Å². The molecule has 1 rings (SSSR count). The molecule has 0 aliphatic carbocycles. The van der Waals surface area contributed by atoms with Gasteiger partial charge in [0.2, 0.25) is 5.91 Å². The summed E-state index contributed by atoms with van der Waals surface area (Å²) >= 11 is 0. The zero-order chi connectivity index (χ0) is 16.0. The quantitative estimate of drug-likeness (QED) is 0.765. The van der Waals surface area contributed by atoms with Crippen molar-refractivity contribution in [3.63, 3.8) is 0 Å². The maximum absolute atomic E-state index is 12.0. The number of sulfone groups is 1. The predicted molar refractivity (Wildman–Crippen MR) is 73.9 cm³/mol. The molecule has 7 nitrogen and oxygen atoms in total. The van der Waals surface area contributed by atoms with Crippen LogP contribution in [0, 0.1) is 11.3 Å². The molecule has 1 aromatic rings. The number of nitrogens with zero attached hydrogens (tertiary/aromatic N) is 1. The number of benzene rings is 1. The first-order valence-corrected chi connectivity index (χ1v) is 7.75. The molecule has 112 valence electrons. The monoisotopic (exact) mass is 310 g/mol. The summed E-state index contributed by atoms with van der Waals surface area (Å²) in [7, 11) is -3.75. The molecule has 0 radical (unpaired) electrons. The van der Waals surface area contributed by atoms with Crippen LogP contribution in [0.1, 0.15) is 18.1 Å². The fraction of sp³-hybridized carbons (Fsp3) is 0.308. The van der Waals surface area contributed by atoms with Crippen molar-refractivity contribution in [2.75, 3.05) is 5.75 Å². The number of rotatable bonds is 6. The minimum atomic E-state index is -3.75. The van der Waals surface area contributed by atoms with Gasteiger partial charge >= 0.3 is 5.97 Å². The van der Waals surface area contributed by atoms with E-state index in [1.165, 1.54) is 18.2 Å². The van der Waals surface area contributed by atoms with E-state index in [0.29, 0.717) is 11.1 Å². The molecule has 0 aromatic heterocycles. The van der Waals surface area contributed by atoms with Crippen molar-refractivity contribution in [2.24, 2.45) is 0 Å². The van der Waals surface area contributed by atoms with Crippen molar-refractivity contribution in [1.29, 1.82) is 5.26 Å². The molecule has 2 N–H and O–H groups in total. The molecule has 8 heteroatoms. The van der Waals surface area contributed by atoms with Gasteiger partial charge in [-0.3, -0.25) is 4.79 Å². The maximum atomic E-state index is 12.0. The van der Waals surface area contributed by atoms with E-state index in [9.17, 15) is 18.0 Å². The first-order valence-electron chi connectivity index (χ1n) is 5.93. The van der Waals surface area contributed by atoms with Crippen LogP contribution >= 0.6 is 0 Å². The Balaban J connectivity index is 2.87. The van der Waals surface area contributed by atoms with Gasteiger partial charge < -0.3 is 10.4 Å². The fourth-order valence-electron chi connectivity index (χ4n) is 1.72. The molecule has 0 aliphatic rings. The Morgan fingerprint density at radius 2 is 2.10 bits per heavy atom. The zero-order valence-electron chi connectivity index (χ0n) is 11.2. The molecule has 0 bridgehead atoms. The average molecular weight is 310 g/mol. The summed E-state index contributed by atoms with van der Waals surface area (Å²) in [4.78, 5) is 21.8. The van der Waals surface area contributed by atoms with Crippen molar-refractivity contribution >= 4 is 21.7 Å². The van der Waals surface area contributed by atoms with E-state index in [4.69, 9.17) is 10.4 Å². The van der Waals surface area contributed by atoms with E-state index in [0.717, 1.165) is 6.92 Å². The number of carboxylic acids is 1. The van der Waals surface area contributed by atoms with E-state index in [-0.39, 0.29) is 0 Å². The van der Waals surface area contributed by atoms with Crippen molar-refractivity contribution in [3.8, 4) is 6.07 Å². The van der Waals surface area contributed by atoms with Gasteiger partial charge in [-0.05, 0) is 17.7 Å². The third-order valence-corrected chi connectivity index (χ3v) is 4.15. The second-order valence-electron chi connectivity index (χ2n) is 4.46. The SMILES string of the molecule is CC(=O)N[C@@H](CS(=O)(=O)Cc1cccc(C#N)c1)C(=O)O. The van der Waals surface area contributed by atoms with Gasteiger partial charge in [0.1, 0.15) is 6.04 Å². The molecule has 0 fully saturated rings. The lowest BCUT2D eigenvalue weighted by atomic mass is 10.2. The molecule has 1 aromatic carbocycles. The molecule has 1 amide bonds. The summed E-state index contributed by atoms with van der Waals surface area (Å²) in [5.74, 6) is -3.14. The van der Waals surface area contributed by atoms with Crippen LogP contribution < -0.4 is 5.32 Å². The normalized spacial score (nSPS) is 12.2. The number of hydrogen-bond donors (Lipinski definition) is 2. The van der Waals surface area contributed by atoms with Gasteiger partial charge in [-0.15, -0.1) is 0 Å². The number of nitriles is 1. The third kappa shape index (κ3) is 5.62. The number of nitrogens with one attached hydrogen (secondary N) is 1. The second-order valence-corrected chi connectivity index (χ2v) is 6.57. The largest absolute Gasteiger partial charge is 0.480 e. The van der Waals surface area contributed by atoms with Crippen LogP contribution in [-0.4, -0.2) is 37.2 Å². The fourth-order valence-corrected chi connectivity index (χ4v) is 3.26. The number of carbonyl (C=O) groups excluding carboxylic acids is 1. The number of amides is 1. The van der Waals surface area contributed by atoms with Gasteiger partial charge in [0.25, 0.3) is 0 Å². The molecule has 0 heterocycles. The summed E-state index contributed by atoms with van der Waals surface area (Å²) in [6, 6.07) is 6.44. The van der Waals surface area contributed by atoms with Gasteiger partial charge in [0.15, 0.2) is 9.84 Å². The Bertz CT molecular complexity index is 691. The lowest BCUT2D eigenvalue weighted by Gasteiger charge is -2.13. The smallest absolute Gasteiger partial charge is 0.327 e. The Kier molecular flexibility index (Phi) is 5.44. The number of aliphatic carboxylic acids is 1. The van der Waals surface area contributed by atoms with E-state index < -0.39 is 39.3 Å². The van der Waals surface area contributed by atoms with Gasteiger partial charge in [0.05, 0.1) is 23.1 Å². The topological polar surface area (TPSA) is 124 Å². The molecule has 1 atom stereocenters. The minimum Gasteiger partial charge on any atom is -0.480 e. The summed E-state index contributed by atoms with van der Waals surface area (Å²) in [6.07, 6.45) is 0. The van der Waals surface area contributed by atoms with Gasteiger partial charge in [-0.2, -0.15) is 5.26 Å².